The number of carbonyl (C=O) groups excluding carboxylic acids is 2. The van der Waals surface area contributed by atoms with Crippen molar-refractivity contribution < 1.29 is 47.4 Å². The molecule has 0 spiro atoms. The molecule has 0 radical (unpaired) electrons. The van der Waals surface area contributed by atoms with E-state index in [0.717, 1.165) is 0 Å². The van der Waals surface area contributed by atoms with Crippen LogP contribution in [0.25, 0.3) is 0 Å². The first-order valence-corrected chi connectivity index (χ1v) is 15.3. The molecule has 1 fully saturated rings. The van der Waals surface area contributed by atoms with Crippen molar-refractivity contribution in [2.24, 2.45) is 21.6 Å². The van der Waals surface area contributed by atoms with Crippen LogP contribution < -0.4 is 16.2 Å². The molecule has 0 aliphatic carbocycles. The van der Waals surface area contributed by atoms with Gasteiger partial charge in [0.2, 0.25) is 5.91 Å². The lowest BCUT2D eigenvalue weighted by Crippen LogP contribution is -2.43. The van der Waals surface area contributed by atoms with Crippen LogP contribution in [0.3, 0.4) is 0 Å². The molecule has 0 aromatic heterocycles. The summed E-state index contributed by atoms with van der Waals surface area (Å²) >= 11 is 0. The summed E-state index contributed by atoms with van der Waals surface area (Å²) in [6.07, 6.45) is -1.20. The Kier molecular flexibility index (Phi) is 9.52. The molecule has 0 unspecified atom stereocenters. The van der Waals surface area contributed by atoms with E-state index in [1.54, 1.807) is 6.07 Å². The number of rotatable bonds is 11. The molecule has 1 amide bonds. The molecule has 16 heteroatoms. The predicted molar refractivity (Wildman–Crippen MR) is 156 cm³/mol. The lowest BCUT2D eigenvalue weighted by atomic mass is 9.86. The molecule has 2 aliphatic heterocycles. The van der Waals surface area contributed by atoms with Crippen LogP contribution in [0.1, 0.15) is 47.2 Å². The number of benzene rings is 2. The number of nitrogens with two attached hydrogens (primary N) is 2. The molecule has 4 rings (SSSR count). The van der Waals surface area contributed by atoms with Gasteiger partial charge in [0.25, 0.3) is 0 Å². The number of amides is 1. The highest BCUT2D eigenvalue weighted by atomic mass is 32.2. The molecule has 2 heterocycles. The maximum absolute atomic E-state index is 12.9. The fraction of sp³-hybridized carbons (Fsp3) is 0.357. The molecule has 6 N–H and O–H groups in total. The van der Waals surface area contributed by atoms with E-state index in [2.05, 4.69) is 10.1 Å². The zero-order valence-corrected chi connectivity index (χ0v) is 24.3. The number of hydrogen-bond donors (Lipinski definition) is 4. The van der Waals surface area contributed by atoms with Crippen LogP contribution in [-0.2, 0) is 35.5 Å². The van der Waals surface area contributed by atoms with Gasteiger partial charge in [-0.1, -0.05) is 11.2 Å². The summed E-state index contributed by atoms with van der Waals surface area (Å²) < 4.78 is 29.0. The van der Waals surface area contributed by atoms with Gasteiger partial charge in [0.15, 0.2) is 21.4 Å². The maximum atomic E-state index is 12.9. The van der Waals surface area contributed by atoms with Crippen molar-refractivity contribution >= 4 is 51.0 Å². The zero-order valence-electron chi connectivity index (χ0n) is 23.5. The fourth-order valence-electron chi connectivity index (χ4n) is 4.92. The van der Waals surface area contributed by atoms with E-state index in [-0.39, 0.29) is 72.7 Å². The number of ether oxygens (including phenoxy) is 1. The number of esters is 1. The molecule has 44 heavy (non-hydrogen) atoms. The van der Waals surface area contributed by atoms with Gasteiger partial charge >= 0.3 is 17.9 Å². The van der Waals surface area contributed by atoms with E-state index < -0.39 is 46.2 Å². The number of carboxylic acids is 2. The Balaban J connectivity index is 1.57. The topological polar surface area (TPSA) is 241 Å². The average Bonchev–Trinajstić information content (AvgIpc) is 3.33. The first-order chi connectivity index (χ1) is 20.7. The van der Waals surface area contributed by atoms with Gasteiger partial charge in [-0.25, -0.2) is 18.2 Å². The molecular weight excluding hydrogens is 598 g/mol. The van der Waals surface area contributed by atoms with Gasteiger partial charge in [-0.15, -0.1) is 0 Å². The van der Waals surface area contributed by atoms with Crippen molar-refractivity contribution in [3.8, 4) is 5.75 Å². The molecule has 0 saturated carbocycles. The van der Waals surface area contributed by atoms with Gasteiger partial charge in [0.05, 0.1) is 41.3 Å². The predicted octanol–water partition coefficient (Wildman–Crippen LogP) is 0.813. The third-order valence-electron chi connectivity index (χ3n) is 7.06. The number of guanidine groups is 1. The van der Waals surface area contributed by atoms with Crippen LogP contribution in [0.4, 0.5) is 5.69 Å². The number of nitrogens with zero attached hydrogens (tertiary/aromatic N) is 3. The number of carboxylic acid groups (broad SMARTS) is 2. The Hall–Kier alpha value is -4.99. The molecule has 2 aromatic carbocycles. The SMILES string of the molecule is NC(N)=Nc1ccc(C(=O)Oc2ccc(CCC(=O)N3CCS(=O)(=O)CC3)c(C3=NOC(CC(=O)O)(CC(=O)O)C3)c2)cc1. The summed E-state index contributed by atoms with van der Waals surface area (Å²) in [7, 11) is -3.17. The standard InChI is InChI=1S/C28H31N5O10S/c29-27(30)31-19-5-1-18(2-6-19)26(39)42-20-7-3-17(4-8-23(34)33-9-11-44(40,41)12-10-33)21(13-20)22-14-28(43-32-22,15-24(35)36)16-25(37)38/h1-3,5-7,13H,4,8-12,14-16H2,(H,35,36)(H,37,38)(H4,29,30,31). The number of carbonyl (C=O) groups is 4. The summed E-state index contributed by atoms with van der Waals surface area (Å²) in [5.74, 6) is -3.75. The van der Waals surface area contributed by atoms with Gasteiger partial charge in [-0.3, -0.25) is 14.4 Å². The van der Waals surface area contributed by atoms with Crippen molar-refractivity contribution in [2.45, 2.75) is 37.7 Å². The summed E-state index contributed by atoms with van der Waals surface area (Å²) in [6.45, 7) is 0.201. The average molecular weight is 630 g/mol. The Morgan fingerprint density at radius 1 is 1.00 bits per heavy atom. The number of aliphatic carboxylic acids is 2. The second-order valence-corrected chi connectivity index (χ2v) is 12.8. The van der Waals surface area contributed by atoms with E-state index in [1.807, 2.05) is 0 Å². The Morgan fingerprint density at radius 2 is 1.64 bits per heavy atom. The van der Waals surface area contributed by atoms with E-state index in [4.69, 9.17) is 21.0 Å². The lowest BCUT2D eigenvalue weighted by molar-refractivity contribution is -0.151. The largest absolute Gasteiger partial charge is 0.481 e. The van der Waals surface area contributed by atoms with Crippen LogP contribution in [-0.4, -0.2) is 89.2 Å². The third-order valence-corrected chi connectivity index (χ3v) is 8.66. The first-order valence-electron chi connectivity index (χ1n) is 13.5. The van der Waals surface area contributed by atoms with E-state index in [1.165, 1.54) is 41.3 Å². The molecule has 2 aromatic rings. The highest BCUT2D eigenvalue weighted by molar-refractivity contribution is 7.91. The zero-order chi connectivity index (χ0) is 32.1. The second-order valence-electron chi connectivity index (χ2n) is 10.5. The number of hydrogen-bond acceptors (Lipinski definition) is 10. The fourth-order valence-corrected chi connectivity index (χ4v) is 6.12. The Labute approximate surface area is 252 Å². The molecule has 15 nitrogen and oxygen atoms in total. The van der Waals surface area contributed by atoms with E-state index in [0.29, 0.717) is 16.8 Å². The number of aryl methyl sites for hydroxylation is 1. The molecule has 234 valence electrons. The van der Waals surface area contributed by atoms with Gasteiger partial charge < -0.3 is 36.2 Å². The molecule has 2 aliphatic rings. The van der Waals surface area contributed by atoms with Crippen LogP contribution >= 0.6 is 0 Å². The van der Waals surface area contributed by atoms with Crippen molar-refractivity contribution in [1.82, 2.24) is 4.90 Å². The minimum atomic E-state index is -3.17. The minimum Gasteiger partial charge on any atom is -0.481 e. The quantitative estimate of drug-likeness (QED) is 0.117. The normalized spacial score (nSPS) is 16.7. The van der Waals surface area contributed by atoms with Gasteiger partial charge in [0, 0.05) is 31.5 Å². The van der Waals surface area contributed by atoms with E-state index in [9.17, 15) is 37.8 Å². The van der Waals surface area contributed by atoms with Gasteiger partial charge in [-0.05, 0) is 48.4 Å². The number of sulfone groups is 1. The highest BCUT2D eigenvalue weighted by Gasteiger charge is 2.44. The first kappa shape index (κ1) is 31.9. The molecule has 0 atom stereocenters. The lowest BCUT2D eigenvalue weighted by Gasteiger charge is -2.27. The van der Waals surface area contributed by atoms with E-state index >= 15 is 0 Å². The maximum Gasteiger partial charge on any atom is 0.343 e. The number of oxime groups is 1. The molecule has 1 saturated heterocycles. The van der Waals surface area contributed by atoms with Crippen LogP contribution in [0.2, 0.25) is 0 Å². The summed E-state index contributed by atoms with van der Waals surface area (Å²) in [5, 5.41) is 22.8. The van der Waals surface area contributed by atoms with Crippen LogP contribution in [0.15, 0.2) is 52.6 Å². The minimum absolute atomic E-state index is 0.0257. The molecular formula is C28H31N5O10S. The summed E-state index contributed by atoms with van der Waals surface area (Å²) in [5.41, 5.74) is 10.9. The van der Waals surface area contributed by atoms with Crippen molar-refractivity contribution in [3.05, 3.63) is 59.2 Å². The monoisotopic (exact) mass is 629 g/mol. The smallest absolute Gasteiger partial charge is 0.343 e. The highest BCUT2D eigenvalue weighted by Crippen LogP contribution is 2.35. The summed E-state index contributed by atoms with van der Waals surface area (Å²) in [4.78, 5) is 59.6. The second kappa shape index (κ2) is 13.1. The molecule has 0 bridgehead atoms. The van der Waals surface area contributed by atoms with Crippen molar-refractivity contribution in [1.29, 1.82) is 0 Å². The van der Waals surface area contributed by atoms with Gasteiger partial charge in [0.1, 0.15) is 5.75 Å². The summed E-state index contributed by atoms with van der Waals surface area (Å²) in [6, 6.07) is 10.6. The Bertz CT molecular complexity index is 1600. The number of aliphatic imine (C=N–C) groups is 1. The van der Waals surface area contributed by atoms with Crippen molar-refractivity contribution in [2.75, 3.05) is 24.6 Å². The van der Waals surface area contributed by atoms with Gasteiger partial charge in [-0.2, -0.15) is 0 Å². The van der Waals surface area contributed by atoms with Crippen molar-refractivity contribution in [3.63, 3.8) is 0 Å². The van der Waals surface area contributed by atoms with Crippen LogP contribution in [0, 0.1) is 0 Å². The third kappa shape index (κ3) is 8.31. The Morgan fingerprint density at radius 3 is 2.23 bits per heavy atom. The van der Waals surface area contributed by atoms with Crippen LogP contribution in [0.5, 0.6) is 5.75 Å².